The largest absolute Gasteiger partial charge is 0.0836 e. The molecule has 5 aromatic rings. The highest BCUT2D eigenvalue weighted by Gasteiger charge is 2.13. The topological polar surface area (TPSA) is 0 Å². The zero-order valence-electron chi connectivity index (χ0n) is 14.7. The van der Waals surface area contributed by atoms with E-state index in [9.17, 15) is 0 Å². The molecule has 0 aromatic heterocycles. The fraction of sp³-hybridized carbons (Fsp3) is 0. The maximum atomic E-state index is 6.72. The molecule has 0 amide bonds. The summed E-state index contributed by atoms with van der Waals surface area (Å²) in [6, 6.07) is 36.1. The van der Waals surface area contributed by atoms with E-state index in [1.165, 1.54) is 27.1 Å². The second-order valence-electron chi connectivity index (χ2n) is 6.75. The predicted octanol–water partition coefficient (Wildman–Crippen LogP) is 7.98. The lowest BCUT2D eigenvalue weighted by Gasteiger charge is -2.15. The Balaban J connectivity index is 1.81. The van der Waals surface area contributed by atoms with Gasteiger partial charge in [0.05, 0.1) is 0 Å². The monoisotopic (exact) mass is 364 g/mol. The van der Waals surface area contributed by atoms with E-state index in [0.717, 1.165) is 21.7 Å². The minimum atomic E-state index is 0.774. The first-order chi connectivity index (χ1) is 13.3. The molecule has 0 aliphatic rings. The molecule has 1 heteroatoms. The number of halogens is 1. The Morgan fingerprint density at radius 1 is 0.481 bits per heavy atom. The molecular formula is C26H17Cl. The lowest BCUT2D eigenvalue weighted by Crippen LogP contribution is -1.88. The van der Waals surface area contributed by atoms with E-state index < -0.39 is 0 Å². The van der Waals surface area contributed by atoms with Gasteiger partial charge in [-0.15, -0.1) is 0 Å². The van der Waals surface area contributed by atoms with Crippen LogP contribution in [0.15, 0.2) is 103 Å². The second-order valence-corrected chi connectivity index (χ2v) is 7.16. The van der Waals surface area contributed by atoms with Crippen LogP contribution < -0.4 is 0 Å². The third-order valence-corrected chi connectivity index (χ3v) is 5.45. The van der Waals surface area contributed by atoms with E-state index >= 15 is 0 Å². The van der Waals surface area contributed by atoms with Crippen molar-refractivity contribution in [1.29, 1.82) is 0 Å². The standard InChI is InChI=1S/C26H17Cl/c27-25-14-6-13-24(23-12-5-10-19-8-3-4-11-22(19)23)26(25)21-16-15-18-7-1-2-9-20(18)17-21/h1-17H. The van der Waals surface area contributed by atoms with Crippen molar-refractivity contribution in [2.24, 2.45) is 0 Å². The van der Waals surface area contributed by atoms with Crippen LogP contribution in [0, 0.1) is 0 Å². The summed E-state index contributed by atoms with van der Waals surface area (Å²) >= 11 is 6.72. The van der Waals surface area contributed by atoms with Gasteiger partial charge in [0, 0.05) is 10.6 Å². The van der Waals surface area contributed by atoms with Crippen molar-refractivity contribution in [3.63, 3.8) is 0 Å². The van der Waals surface area contributed by atoms with E-state index in [1.54, 1.807) is 0 Å². The molecule has 5 rings (SSSR count). The van der Waals surface area contributed by atoms with E-state index in [4.69, 9.17) is 11.6 Å². The molecular weight excluding hydrogens is 348 g/mol. The second kappa shape index (κ2) is 6.57. The molecule has 128 valence electrons. The molecule has 0 aliphatic heterocycles. The predicted molar refractivity (Wildman–Crippen MR) is 117 cm³/mol. The lowest BCUT2D eigenvalue weighted by molar-refractivity contribution is 1.61. The van der Waals surface area contributed by atoms with Crippen LogP contribution in [0.25, 0.3) is 43.8 Å². The average molecular weight is 365 g/mol. The van der Waals surface area contributed by atoms with Crippen LogP contribution in [0.4, 0.5) is 0 Å². The van der Waals surface area contributed by atoms with Gasteiger partial charge in [-0.05, 0) is 50.4 Å². The molecule has 0 saturated heterocycles. The molecule has 0 N–H and O–H groups in total. The Labute approximate surface area is 163 Å². The zero-order chi connectivity index (χ0) is 18.2. The van der Waals surface area contributed by atoms with Crippen LogP contribution in [-0.4, -0.2) is 0 Å². The van der Waals surface area contributed by atoms with Gasteiger partial charge in [-0.1, -0.05) is 103 Å². The van der Waals surface area contributed by atoms with Crippen molar-refractivity contribution in [3.05, 3.63) is 108 Å². The van der Waals surface area contributed by atoms with Gasteiger partial charge in [-0.2, -0.15) is 0 Å². The summed E-state index contributed by atoms with van der Waals surface area (Å²) in [5, 5.41) is 5.71. The summed E-state index contributed by atoms with van der Waals surface area (Å²) in [6.07, 6.45) is 0. The van der Waals surface area contributed by atoms with Gasteiger partial charge in [-0.3, -0.25) is 0 Å². The number of fused-ring (bicyclic) bond motifs is 2. The summed E-state index contributed by atoms with van der Waals surface area (Å²) in [7, 11) is 0. The van der Waals surface area contributed by atoms with Crippen molar-refractivity contribution in [2.45, 2.75) is 0 Å². The minimum absolute atomic E-state index is 0.774. The van der Waals surface area contributed by atoms with Crippen LogP contribution in [0.5, 0.6) is 0 Å². The molecule has 0 atom stereocenters. The van der Waals surface area contributed by atoms with Crippen LogP contribution in [0.2, 0.25) is 5.02 Å². The molecule has 0 unspecified atom stereocenters. The number of hydrogen-bond acceptors (Lipinski definition) is 0. The smallest absolute Gasteiger partial charge is 0.0490 e. The molecule has 0 saturated carbocycles. The molecule has 0 fully saturated rings. The summed E-state index contributed by atoms with van der Waals surface area (Å²) in [5.41, 5.74) is 4.59. The fourth-order valence-corrected chi connectivity index (χ4v) is 4.13. The number of hydrogen-bond donors (Lipinski definition) is 0. The SMILES string of the molecule is Clc1cccc(-c2cccc3ccccc23)c1-c1ccc2ccccc2c1. The maximum absolute atomic E-state index is 6.72. The summed E-state index contributed by atoms with van der Waals surface area (Å²) in [6.45, 7) is 0. The Hall–Kier alpha value is -3.09. The van der Waals surface area contributed by atoms with E-state index in [2.05, 4.69) is 91.0 Å². The van der Waals surface area contributed by atoms with Gasteiger partial charge in [-0.25, -0.2) is 0 Å². The van der Waals surface area contributed by atoms with Crippen molar-refractivity contribution in [2.75, 3.05) is 0 Å². The normalized spacial score (nSPS) is 11.1. The van der Waals surface area contributed by atoms with Gasteiger partial charge >= 0.3 is 0 Å². The first kappa shape index (κ1) is 16.1. The third-order valence-electron chi connectivity index (χ3n) is 5.13. The molecule has 0 spiro atoms. The summed E-state index contributed by atoms with van der Waals surface area (Å²) < 4.78 is 0. The molecule has 5 aromatic carbocycles. The first-order valence-electron chi connectivity index (χ1n) is 9.07. The van der Waals surface area contributed by atoms with Gasteiger partial charge in [0.15, 0.2) is 0 Å². The average Bonchev–Trinajstić information content (AvgIpc) is 2.73. The fourth-order valence-electron chi connectivity index (χ4n) is 3.85. The van der Waals surface area contributed by atoms with E-state index in [-0.39, 0.29) is 0 Å². The van der Waals surface area contributed by atoms with Gasteiger partial charge in [0.2, 0.25) is 0 Å². The first-order valence-corrected chi connectivity index (χ1v) is 9.45. The van der Waals surface area contributed by atoms with Crippen LogP contribution >= 0.6 is 11.6 Å². The Kier molecular flexibility index (Phi) is 3.92. The summed E-state index contributed by atoms with van der Waals surface area (Å²) in [4.78, 5) is 0. The lowest BCUT2D eigenvalue weighted by atomic mass is 9.90. The highest BCUT2D eigenvalue weighted by atomic mass is 35.5. The van der Waals surface area contributed by atoms with E-state index in [0.29, 0.717) is 0 Å². The number of benzene rings is 5. The van der Waals surface area contributed by atoms with Crippen molar-refractivity contribution >= 4 is 33.1 Å². The summed E-state index contributed by atoms with van der Waals surface area (Å²) in [5.74, 6) is 0. The molecule has 0 aliphatic carbocycles. The molecule has 0 heterocycles. The highest BCUT2D eigenvalue weighted by molar-refractivity contribution is 6.34. The van der Waals surface area contributed by atoms with Crippen molar-refractivity contribution < 1.29 is 0 Å². The highest BCUT2D eigenvalue weighted by Crippen LogP contribution is 2.40. The van der Waals surface area contributed by atoms with Crippen LogP contribution in [0.3, 0.4) is 0 Å². The van der Waals surface area contributed by atoms with E-state index in [1.807, 2.05) is 12.1 Å². The number of rotatable bonds is 2. The molecule has 0 radical (unpaired) electrons. The Bertz CT molecular complexity index is 1280. The van der Waals surface area contributed by atoms with Gasteiger partial charge in [0.25, 0.3) is 0 Å². The van der Waals surface area contributed by atoms with Crippen molar-refractivity contribution in [1.82, 2.24) is 0 Å². The van der Waals surface area contributed by atoms with Crippen molar-refractivity contribution in [3.8, 4) is 22.3 Å². The van der Waals surface area contributed by atoms with Gasteiger partial charge in [0.1, 0.15) is 0 Å². The Morgan fingerprint density at radius 3 is 2.04 bits per heavy atom. The van der Waals surface area contributed by atoms with Crippen LogP contribution in [0.1, 0.15) is 0 Å². The third kappa shape index (κ3) is 2.79. The molecule has 27 heavy (non-hydrogen) atoms. The van der Waals surface area contributed by atoms with Crippen LogP contribution in [-0.2, 0) is 0 Å². The minimum Gasteiger partial charge on any atom is -0.0836 e. The van der Waals surface area contributed by atoms with Gasteiger partial charge < -0.3 is 0 Å². The molecule has 0 nitrogen and oxygen atoms in total. The zero-order valence-corrected chi connectivity index (χ0v) is 15.4. The molecule has 0 bridgehead atoms. The maximum Gasteiger partial charge on any atom is 0.0490 e. The Morgan fingerprint density at radius 2 is 1.15 bits per heavy atom. The quantitative estimate of drug-likeness (QED) is 0.298.